The van der Waals surface area contributed by atoms with Crippen molar-refractivity contribution in [3.8, 4) is 5.75 Å². The molecule has 3 aliphatic heterocycles. The second-order valence-electron chi connectivity index (χ2n) is 6.87. The average Bonchev–Trinajstić information content (AvgIpc) is 2.79. The van der Waals surface area contributed by atoms with Crippen LogP contribution in [0.15, 0.2) is 18.2 Å². The van der Waals surface area contributed by atoms with E-state index >= 15 is 0 Å². The lowest BCUT2D eigenvalue weighted by atomic mass is 9.96. The lowest BCUT2D eigenvalue weighted by molar-refractivity contribution is -0.133. The summed E-state index contributed by atoms with van der Waals surface area (Å²) in [6, 6.07) is 6.50. The molecule has 0 saturated carbocycles. The van der Waals surface area contributed by atoms with Crippen LogP contribution in [0.3, 0.4) is 0 Å². The number of nitrogens with zero attached hydrogens (tertiary/aromatic N) is 2. The van der Waals surface area contributed by atoms with Crippen molar-refractivity contribution in [1.29, 1.82) is 0 Å². The maximum atomic E-state index is 12.5. The van der Waals surface area contributed by atoms with Gasteiger partial charge in [0.2, 0.25) is 0 Å². The molecule has 4 nitrogen and oxygen atoms in total. The molecule has 4 heteroatoms. The third-order valence-corrected chi connectivity index (χ3v) is 5.18. The predicted molar refractivity (Wildman–Crippen MR) is 87.1 cm³/mol. The van der Waals surface area contributed by atoms with Crippen molar-refractivity contribution < 1.29 is 9.53 Å². The van der Waals surface area contributed by atoms with Crippen LogP contribution in [0.25, 0.3) is 0 Å². The Hall–Kier alpha value is -1.55. The molecule has 1 aromatic carbocycles. The fraction of sp³-hybridized carbons (Fsp3) is 0.611. The van der Waals surface area contributed by atoms with Crippen LogP contribution in [-0.4, -0.2) is 55.0 Å². The monoisotopic (exact) mass is 302 g/mol. The molecule has 0 aromatic heterocycles. The van der Waals surface area contributed by atoms with Gasteiger partial charge >= 0.3 is 0 Å². The number of hydrogen-bond donors (Lipinski definition) is 0. The van der Waals surface area contributed by atoms with Crippen LogP contribution < -0.4 is 4.74 Å². The van der Waals surface area contributed by atoms with E-state index in [2.05, 4.69) is 25.8 Å². The highest BCUT2D eigenvalue weighted by atomic mass is 16.5. The first-order chi connectivity index (χ1) is 10.5. The van der Waals surface area contributed by atoms with Gasteiger partial charge in [0, 0.05) is 25.7 Å². The van der Waals surface area contributed by atoms with Gasteiger partial charge in [0.15, 0.2) is 6.61 Å². The number of amides is 1. The average molecular weight is 302 g/mol. The highest BCUT2D eigenvalue weighted by Crippen LogP contribution is 2.26. The number of ether oxygens (including phenoxy) is 1. The van der Waals surface area contributed by atoms with Gasteiger partial charge in [-0.3, -0.25) is 4.79 Å². The Morgan fingerprint density at radius 1 is 1.18 bits per heavy atom. The first-order valence-corrected chi connectivity index (χ1v) is 8.21. The van der Waals surface area contributed by atoms with E-state index in [4.69, 9.17) is 4.74 Å². The second kappa shape index (κ2) is 6.29. The molecule has 3 saturated heterocycles. The largest absolute Gasteiger partial charge is 0.484 e. The smallest absolute Gasteiger partial charge is 0.260 e. The maximum absolute atomic E-state index is 12.5. The van der Waals surface area contributed by atoms with Crippen molar-refractivity contribution in [1.82, 2.24) is 9.80 Å². The van der Waals surface area contributed by atoms with Crippen molar-refractivity contribution in [2.45, 2.75) is 32.7 Å². The molecule has 0 spiro atoms. The van der Waals surface area contributed by atoms with Gasteiger partial charge in [-0.15, -0.1) is 0 Å². The minimum Gasteiger partial charge on any atom is -0.484 e. The van der Waals surface area contributed by atoms with E-state index in [1.807, 2.05) is 23.1 Å². The SMILES string of the molecule is Cc1ccc(OCC(=O)N2C[C@H]3CC[C@@H](C2)N(C)C3)cc1C. The first-order valence-electron chi connectivity index (χ1n) is 8.21. The van der Waals surface area contributed by atoms with Crippen LogP contribution in [0.1, 0.15) is 24.0 Å². The zero-order chi connectivity index (χ0) is 15.7. The highest BCUT2D eigenvalue weighted by Gasteiger charge is 2.34. The Morgan fingerprint density at radius 2 is 2.00 bits per heavy atom. The molecule has 0 radical (unpaired) electrons. The molecule has 4 rings (SSSR count). The quantitative estimate of drug-likeness (QED) is 0.858. The van der Waals surface area contributed by atoms with Crippen molar-refractivity contribution in [3.05, 3.63) is 29.3 Å². The van der Waals surface area contributed by atoms with E-state index in [-0.39, 0.29) is 12.5 Å². The van der Waals surface area contributed by atoms with Crippen LogP contribution in [0.4, 0.5) is 0 Å². The number of carbonyl (C=O) groups is 1. The van der Waals surface area contributed by atoms with Crippen LogP contribution >= 0.6 is 0 Å². The van der Waals surface area contributed by atoms with Gasteiger partial charge in [0.1, 0.15) is 5.75 Å². The summed E-state index contributed by atoms with van der Waals surface area (Å²) in [6.07, 6.45) is 2.46. The number of likely N-dealkylation sites (N-methyl/N-ethyl adjacent to an activating group) is 1. The minimum atomic E-state index is 0.116. The molecular weight excluding hydrogens is 276 g/mol. The van der Waals surface area contributed by atoms with E-state index in [0.29, 0.717) is 12.0 Å². The van der Waals surface area contributed by atoms with Crippen LogP contribution in [0.2, 0.25) is 0 Å². The summed E-state index contributed by atoms with van der Waals surface area (Å²) in [5, 5.41) is 0. The maximum Gasteiger partial charge on any atom is 0.260 e. The number of aryl methyl sites for hydroxylation is 2. The molecule has 3 fully saturated rings. The molecule has 3 aliphatic rings. The molecule has 3 heterocycles. The standard InChI is InChI=1S/C18H26N2O2/c1-13-4-7-17(8-14(13)2)22-12-18(21)20-10-15-5-6-16(11-20)19(3)9-15/h4,7-8,15-16H,5-6,9-12H2,1-3H3/t15-,16-/m0/s1. The topological polar surface area (TPSA) is 32.8 Å². The van der Waals surface area contributed by atoms with E-state index in [0.717, 1.165) is 25.4 Å². The molecule has 0 aliphatic carbocycles. The number of benzene rings is 1. The van der Waals surface area contributed by atoms with Crippen LogP contribution in [-0.2, 0) is 4.79 Å². The molecule has 120 valence electrons. The Kier molecular flexibility index (Phi) is 4.39. The van der Waals surface area contributed by atoms with E-state index in [1.54, 1.807) is 0 Å². The highest BCUT2D eigenvalue weighted by molar-refractivity contribution is 5.78. The van der Waals surface area contributed by atoms with Crippen LogP contribution in [0, 0.1) is 19.8 Å². The molecule has 2 bridgehead atoms. The minimum absolute atomic E-state index is 0.116. The van der Waals surface area contributed by atoms with Crippen molar-refractivity contribution in [3.63, 3.8) is 0 Å². The van der Waals surface area contributed by atoms with E-state index in [1.165, 1.54) is 24.0 Å². The zero-order valence-corrected chi connectivity index (χ0v) is 13.8. The fourth-order valence-electron chi connectivity index (χ4n) is 3.56. The van der Waals surface area contributed by atoms with Gasteiger partial charge in [0.05, 0.1) is 0 Å². The van der Waals surface area contributed by atoms with Crippen molar-refractivity contribution >= 4 is 5.91 Å². The Labute approximate surface area is 133 Å². The van der Waals surface area contributed by atoms with E-state index < -0.39 is 0 Å². The third kappa shape index (κ3) is 3.27. The van der Waals surface area contributed by atoms with Gasteiger partial charge in [-0.2, -0.15) is 0 Å². The molecule has 1 aromatic rings. The van der Waals surface area contributed by atoms with Crippen molar-refractivity contribution in [2.24, 2.45) is 5.92 Å². The molecule has 1 amide bonds. The molecule has 2 atom stereocenters. The number of hydrogen-bond acceptors (Lipinski definition) is 3. The lowest BCUT2D eigenvalue weighted by Crippen LogP contribution is -2.42. The molecular formula is C18H26N2O2. The summed E-state index contributed by atoms with van der Waals surface area (Å²) >= 11 is 0. The molecule has 0 N–H and O–H groups in total. The van der Waals surface area contributed by atoms with Gasteiger partial charge in [-0.05, 0) is 62.9 Å². The summed E-state index contributed by atoms with van der Waals surface area (Å²) in [6.45, 7) is 7.14. The van der Waals surface area contributed by atoms with Crippen LogP contribution in [0.5, 0.6) is 5.75 Å². The van der Waals surface area contributed by atoms with E-state index in [9.17, 15) is 4.79 Å². The Balaban J connectivity index is 1.59. The summed E-state index contributed by atoms with van der Waals surface area (Å²) in [7, 11) is 2.18. The number of rotatable bonds is 3. The second-order valence-corrected chi connectivity index (χ2v) is 6.87. The van der Waals surface area contributed by atoms with Gasteiger partial charge in [-0.1, -0.05) is 6.07 Å². The summed E-state index contributed by atoms with van der Waals surface area (Å²) in [5.74, 6) is 1.52. The van der Waals surface area contributed by atoms with Gasteiger partial charge in [0.25, 0.3) is 5.91 Å². The van der Waals surface area contributed by atoms with Gasteiger partial charge in [-0.25, -0.2) is 0 Å². The predicted octanol–water partition coefficient (Wildman–Crippen LogP) is 2.23. The molecule has 22 heavy (non-hydrogen) atoms. The normalized spacial score (nSPS) is 25.1. The zero-order valence-electron chi connectivity index (χ0n) is 13.8. The summed E-state index contributed by atoms with van der Waals surface area (Å²) in [4.78, 5) is 16.9. The summed E-state index contributed by atoms with van der Waals surface area (Å²) in [5.41, 5.74) is 2.44. The Bertz CT molecular complexity index is 558. The number of carbonyl (C=O) groups excluding carboxylic acids is 1. The summed E-state index contributed by atoms with van der Waals surface area (Å²) < 4.78 is 5.71. The van der Waals surface area contributed by atoms with Crippen molar-refractivity contribution in [2.75, 3.05) is 33.3 Å². The first kappa shape index (κ1) is 15.3. The Morgan fingerprint density at radius 3 is 2.73 bits per heavy atom. The third-order valence-electron chi connectivity index (χ3n) is 5.18. The number of fused-ring (bicyclic) bond motifs is 4. The van der Waals surface area contributed by atoms with Gasteiger partial charge < -0.3 is 14.5 Å². The lowest BCUT2D eigenvalue weighted by Gasteiger charge is -2.32. The molecule has 0 unspecified atom stereocenters. The fourth-order valence-corrected chi connectivity index (χ4v) is 3.56. The number of piperidine rings is 1.